The molecule has 1 amide bonds. The zero-order valence-electron chi connectivity index (χ0n) is 15.4. The molecule has 0 aliphatic carbocycles. The highest BCUT2D eigenvalue weighted by molar-refractivity contribution is 9.10. The Hall–Kier alpha value is -2.97. The molecule has 4 rings (SSSR count). The number of rotatable bonds is 5. The minimum absolute atomic E-state index is 0.0144. The van der Waals surface area contributed by atoms with Gasteiger partial charge in [-0.05, 0) is 48.4 Å². The van der Waals surface area contributed by atoms with Crippen LogP contribution < -0.4 is 10.9 Å². The fourth-order valence-corrected chi connectivity index (χ4v) is 3.95. The Morgan fingerprint density at radius 1 is 1.28 bits per heavy atom. The largest absolute Gasteiger partial charge is 0.463 e. The zero-order valence-corrected chi connectivity index (χ0v) is 17.8. The Labute approximate surface area is 178 Å². The van der Waals surface area contributed by atoms with Crippen LogP contribution in [0, 0.1) is 6.92 Å². The quantitative estimate of drug-likeness (QED) is 0.430. The summed E-state index contributed by atoms with van der Waals surface area (Å²) in [5, 5.41) is 3.15. The summed E-state index contributed by atoms with van der Waals surface area (Å²) >= 11 is 4.88. The third-order valence-corrected chi connectivity index (χ3v) is 6.12. The average molecular weight is 470 g/mol. The molecule has 0 unspecified atom stereocenters. The van der Waals surface area contributed by atoms with Crippen molar-refractivity contribution in [3.8, 4) is 11.5 Å². The molecule has 29 heavy (non-hydrogen) atoms. The van der Waals surface area contributed by atoms with Gasteiger partial charge in [-0.15, -0.1) is 11.3 Å². The van der Waals surface area contributed by atoms with Crippen LogP contribution in [-0.4, -0.2) is 15.9 Å². The van der Waals surface area contributed by atoms with Gasteiger partial charge in [-0.3, -0.25) is 14.9 Å². The fourth-order valence-electron chi connectivity index (χ4n) is 2.86. The number of carbonyl (C=O) groups is 1. The molecule has 8 heteroatoms. The van der Waals surface area contributed by atoms with Crippen molar-refractivity contribution in [2.75, 3.05) is 5.32 Å². The van der Waals surface area contributed by atoms with E-state index in [1.807, 2.05) is 13.0 Å². The van der Waals surface area contributed by atoms with Crippen molar-refractivity contribution in [2.24, 2.45) is 0 Å². The Balaban J connectivity index is 1.46. The van der Waals surface area contributed by atoms with Crippen molar-refractivity contribution in [1.82, 2.24) is 9.97 Å². The number of nitrogens with one attached hydrogen (secondary N) is 2. The summed E-state index contributed by atoms with van der Waals surface area (Å²) in [6.45, 7) is 2.04. The van der Waals surface area contributed by atoms with Crippen LogP contribution in [0.4, 0.5) is 5.13 Å². The number of furan rings is 1. The lowest BCUT2D eigenvalue weighted by molar-refractivity contribution is 0.102. The van der Waals surface area contributed by atoms with E-state index in [1.165, 1.54) is 23.7 Å². The molecule has 0 radical (unpaired) electrons. The molecule has 2 N–H and O–H groups in total. The highest BCUT2D eigenvalue weighted by atomic mass is 79.9. The van der Waals surface area contributed by atoms with Crippen molar-refractivity contribution in [1.29, 1.82) is 0 Å². The first-order valence-corrected chi connectivity index (χ1v) is 10.4. The second kappa shape index (κ2) is 8.18. The summed E-state index contributed by atoms with van der Waals surface area (Å²) in [6, 6.07) is 12.8. The van der Waals surface area contributed by atoms with Crippen molar-refractivity contribution in [3.63, 3.8) is 0 Å². The van der Waals surface area contributed by atoms with Gasteiger partial charge in [0.15, 0.2) is 5.13 Å². The van der Waals surface area contributed by atoms with E-state index >= 15 is 0 Å². The summed E-state index contributed by atoms with van der Waals surface area (Å²) in [7, 11) is 0. The van der Waals surface area contributed by atoms with Gasteiger partial charge in [-0.1, -0.05) is 28.1 Å². The number of aryl methyl sites for hydroxylation is 1. The zero-order chi connectivity index (χ0) is 20.4. The summed E-state index contributed by atoms with van der Waals surface area (Å²) in [5.41, 5.74) is 2.37. The van der Waals surface area contributed by atoms with Gasteiger partial charge < -0.3 is 9.40 Å². The van der Waals surface area contributed by atoms with Crippen molar-refractivity contribution >= 4 is 38.3 Å². The number of pyridine rings is 1. The SMILES string of the molecule is Cc1cc(Cc2cnc(NC(=O)c3ccc(-c4ccco4)[nH]c3=O)s2)ccc1Br. The lowest BCUT2D eigenvalue weighted by Gasteiger charge is -2.03. The molecule has 1 aromatic carbocycles. The molecular weight excluding hydrogens is 454 g/mol. The van der Waals surface area contributed by atoms with Crippen LogP contribution in [0.5, 0.6) is 0 Å². The Morgan fingerprint density at radius 3 is 2.86 bits per heavy atom. The minimum atomic E-state index is -0.502. The van der Waals surface area contributed by atoms with Gasteiger partial charge in [0.05, 0.1) is 12.0 Å². The Morgan fingerprint density at radius 2 is 2.14 bits per heavy atom. The number of aromatic amines is 1. The van der Waals surface area contributed by atoms with Crippen LogP contribution in [0.15, 0.2) is 68.6 Å². The van der Waals surface area contributed by atoms with Gasteiger partial charge in [0.2, 0.25) is 0 Å². The normalized spacial score (nSPS) is 10.8. The molecule has 0 fully saturated rings. The smallest absolute Gasteiger partial charge is 0.263 e. The third-order valence-electron chi connectivity index (χ3n) is 4.32. The standard InChI is InChI=1S/C21H16BrN3O3S/c1-12-9-13(4-6-16(12)22)10-14-11-23-21(29-14)25-20(27)15-5-7-17(24-19(15)26)18-3-2-8-28-18/h2-9,11H,10H2,1H3,(H,24,26)(H,23,25,27). The molecule has 3 heterocycles. The van der Waals surface area contributed by atoms with Crippen LogP contribution in [0.1, 0.15) is 26.4 Å². The Bertz CT molecular complexity index is 1230. The summed E-state index contributed by atoms with van der Waals surface area (Å²) in [4.78, 5) is 32.7. The molecule has 0 atom stereocenters. The fraction of sp³-hybridized carbons (Fsp3) is 0.0952. The van der Waals surface area contributed by atoms with Gasteiger partial charge in [-0.2, -0.15) is 0 Å². The lowest BCUT2D eigenvalue weighted by atomic mass is 10.1. The molecule has 6 nitrogen and oxygen atoms in total. The first-order valence-electron chi connectivity index (χ1n) is 8.78. The van der Waals surface area contributed by atoms with E-state index in [0.29, 0.717) is 16.6 Å². The van der Waals surface area contributed by atoms with Gasteiger partial charge in [0.1, 0.15) is 11.3 Å². The van der Waals surface area contributed by atoms with E-state index in [2.05, 4.69) is 43.3 Å². The van der Waals surface area contributed by atoms with Crippen LogP contribution in [0.2, 0.25) is 0 Å². The monoisotopic (exact) mass is 469 g/mol. The maximum Gasteiger partial charge on any atom is 0.263 e. The molecular formula is C21H16BrN3O3S. The number of halogens is 1. The molecule has 4 aromatic rings. The van der Waals surface area contributed by atoms with Gasteiger partial charge in [0, 0.05) is 22.0 Å². The van der Waals surface area contributed by atoms with E-state index < -0.39 is 11.5 Å². The van der Waals surface area contributed by atoms with Crippen molar-refractivity contribution in [3.05, 3.63) is 91.3 Å². The number of carbonyl (C=O) groups excluding carboxylic acids is 1. The molecule has 0 bridgehead atoms. The number of thiazole rings is 1. The van der Waals surface area contributed by atoms with E-state index in [4.69, 9.17) is 4.42 Å². The Kier molecular flexibility index (Phi) is 5.46. The van der Waals surface area contributed by atoms with E-state index in [-0.39, 0.29) is 5.56 Å². The summed E-state index contributed by atoms with van der Waals surface area (Å²) in [5.74, 6) is 0.0273. The van der Waals surface area contributed by atoms with Crippen LogP contribution >= 0.6 is 27.3 Å². The second-order valence-corrected chi connectivity index (χ2v) is 8.41. The molecule has 3 aromatic heterocycles. The van der Waals surface area contributed by atoms with Crippen molar-refractivity contribution < 1.29 is 9.21 Å². The predicted molar refractivity (Wildman–Crippen MR) is 117 cm³/mol. The van der Waals surface area contributed by atoms with E-state index in [1.54, 1.807) is 24.4 Å². The molecule has 0 aliphatic rings. The van der Waals surface area contributed by atoms with Gasteiger partial charge in [-0.25, -0.2) is 4.98 Å². The number of aromatic nitrogens is 2. The highest BCUT2D eigenvalue weighted by Gasteiger charge is 2.14. The topological polar surface area (TPSA) is 88.0 Å². The number of benzene rings is 1. The van der Waals surface area contributed by atoms with Gasteiger partial charge in [0.25, 0.3) is 11.5 Å². The first kappa shape index (κ1) is 19.4. The van der Waals surface area contributed by atoms with E-state index in [0.717, 1.165) is 26.9 Å². The van der Waals surface area contributed by atoms with Crippen LogP contribution in [0.25, 0.3) is 11.5 Å². The molecule has 0 saturated heterocycles. The number of nitrogens with zero attached hydrogens (tertiary/aromatic N) is 1. The predicted octanol–water partition coefficient (Wildman–Crippen LogP) is 5.01. The third kappa shape index (κ3) is 4.38. The minimum Gasteiger partial charge on any atom is -0.463 e. The van der Waals surface area contributed by atoms with Crippen LogP contribution in [-0.2, 0) is 6.42 Å². The second-order valence-electron chi connectivity index (χ2n) is 6.44. The molecule has 146 valence electrons. The average Bonchev–Trinajstić information content (AvgIpc) is 3.37. The molecule has 0 saturated carbocycles. The number of amides is 1. The number of hydrogen-bond acceptors (Lipinski definition) is 5. The van der Waals surface area contributed by atoms with E-state index in [9.17, 15) is 9.59 Å². The maximum atomic E-state index is 12.5. The van der Waals surface area contributed by atoms with Crippen LogP contribution in [0.3, 0.4) is 0 Å². The lowest BCUT2D eigenvalue weighted by Crippen LogP contribution is -2.23. The molecule has 0 spiro atoms. The summed E-state index contributed by atoms with van der Waals surface area (Å²) in [6.07, 6.45) is 3.98. The summed E-state index contributed by atoms with van der Waals surface area (Å²) < 4.78 is 6.33. The number of anilines is 1. The maximum absolute atomic E-state index is 12.5. The van der Waals surface area contributed by atoms with Crippen molar-refractivity contribution in [2.45, 2.75) is 13.3 Å². The highest BCUT2D eigenvalue weighted by Crippen LogP contribution is 2.24. The number of hydrogen-bond donors (Lipinski definition) is 2. The van der Waals surface area contributed by atoms with Gasteiger partial charge >= 0.3 is 0 Å². The molecule has 0 aliphatic heterocycles. The number of H-pyrrole nitrogens is 1. The first-order chi connectivity index (χ1) is 14.0.